The fourth-order valence-corrected chi connectivity index (χ4v) is 1.66. The number of nitrogens with zero attached hydrogens (tertiary/aromatic N) is 1. The monoisotopic (exact) mass is 217 g/mol. The van der Waals surface area contributed by atoms with E-state index in [0.717, 1.165) is 5.56 Å². The molecule has 0 amide bonds. The second-order valence-electron chi connectivity index (χ2n) is 3.70. The third kappa shape index (κ3) is 2.19. The molecule has 0 saturated heterocycles. The molecular formula is C13H12FNO. The van der Waals surface area contributed by atoms with Crippen LogP contribution in [-0.4, -0.2) is 10.4 Å². The highest BCUT2D eigenvalue weighted by atomic mass is 19.1. The summed E-state index contributed by atoms with van der Waals surface area (Å²) >= 11 is 0. The number of rotatable bonds is 3. The molecule has 16 heavy (non-hydrogen) atoms. The summed E-state index contributed by atoms with van der Waals surface area (Å²) in [4.78, 5) is 11.3. The minimum absolute atomic E-state index is 0.0344. The van der Waals surface area contributed by atoms with Gasteiger partial charge in [-0.15, -0.1) is 0 Å². The van der Waals surface area contributed by atoms with Gasteiger partial charge < -0.3 is 4.57 Å². The normalized spacial score (nSPS) is 10.4. The maximum Gasteiger partial charge on any atom is 0.176 e. The summed E-state index contributed by atoms with van der Waals surface area (Å²) in [7, 11) is 0. The van der Waals surface area contributed by atoms with Crippen LogP contribution in [-0.2, 0) is 6.54 Å². The fourth-order valence-electron chi connectivity index (χ4n) is 1.66. The zero-order valence-corrected chi connectivity index (χ0v) is 8.98. The van der Waals surface area contributed by atoms with E-state index < -0.39 is 0 Å². The number of hydrogen-bond acceptors (Lipinski definition) is 1. The van der Waals surface area contributed by atoms with E-state index in [1.54, 1.807) is 18.2 Å². The Kier molecular flexibility index (Phi) is 2.86. The molecule has 3 heteroatoms. The van der Waals surface area contributed by atoms with E-state index in [4.69, 9.17) is 0 Å². The van der Waals surface area contributed by atoms with Crippen molar-refractivity contribution in [3.8, 4) is 0 Å². The van der Waals surface area contributed by atoms with Gasteiger partial charge in [-0.05, 0) is 29.8 Å². The first-order valence-electron chi connectivity index (χ1n) is 5.07. The minimum Gasteiger partial charge on any atom is -0.341 e. The topological polar surface area (TPSA) is 22.0 Å². The maximum atomic E-state index is 12.7. The molecule has 1 aromatic carbocycles. The lowest BCUT2D eigenvalue weighted by atomic mass is 10.2. The van der Waals surface area contributed by atoms with Crippen molar-refractivity contribution in [1.29, 1.82) is 0 Å². The lowest BCUT2D eigenvalue weighted by Gasteiger charge is -2.06. The van der Waals surface area contributed by atoms with Crippen molar-refractivity contribution in [2.75, 3.05) is 0 Å². The molecule has 0 bridgehead atoms. The highest BCUT2D eigenvalue weighted by Crippen LogP contribution is 2.09. The van der Waals surface area contributed by atoms with Gasteiger partial charge in [0.25, 0.3) is 0 Å². The van der Waals surface area contributed by atoms with Crippen molar-refractivity contribution in [2.45, 2.75) is 13.5 Å². The molecule has 0 saturated carbocycles. The van der Waals surface area contributed by atoms with Gasteiger partial charge in [0, 0.05) is 19.7 Å². The standard InChI is InChI=1S/C13H12FNO/c1-10(16)13-3-2-8-15(13)9-11-4-6-12(14)7-5-11/h2-8H,9H2,1H3. The average molecular weight is 217 g/mol. The second kappa shape index (κ2) is 4.31. The Bertz CT molecular complexity index is 499. The molecule has 0 aliphatic heterocycles. The Hall–Kier alpha value is -1.90. The molecule has 0 radical (unpaired) electrons. The Labute approximate surface area is 93.3 Å². The molecule has 0 atom stereocenters. The van der Waals surface area contributed by atoms with Crippen molar-refractivity contribution < 1.29 is 9.18 Å². The minimum atomic E-state index is -0.247. The van der Waals surface area contributed by atoms with E-state index in [1.165, 1.54) is 19.1 Å². The van der Waals surface area contributed by atoms with Crippen LogP contribution in [0.2, 0.25) is 0 Å². The van der Waals surface area contributed by atoms with Crippen LogP contribution >= 0.6 is 0 Å². The predicted octanol–water partition coefficient (Wildman–Crippen LogP) is 2.88. The van der Waals surface area contributed by atoms with Crippen molar-refractivity contribution in [3.63, 3.8) is 0 Å². The molecule has 0 N–H and O–H groups in total. The van der Waals surface area contributed by atoms with Gasteiger partial charge in [-0.2, -0.15) is 0 Å². The van der Waals surface area contributed by atoms with Crippen LogP contribution in [0.3, 0.4) is 0 Å². The first kappa shape index (κ1) is 10.6. The van der Waals surface area contributed by atoms with Crippen molar-refractivity contribution in [1.82, 2.24) is 4.57 Å². The van der Waals surface area contributed by atoms with Gasteiger partial charge >= 0.3 is 0 Å². The first-order valence-corrected chi connectivity index (χ1v) is 5.07. The third-order valence-electron chi connectivity index (χ3n) is 2.46. The van der Waals surface area contributed by atoms with Gasteiger partial charge in [-0.25, -0.2) is 4.39 Å². The summed E-state index contributed by atoms with van der Waals surface area (Å²) in [6.07, 6.45) is 1.85. The fraction of sp³-hybridized carbons (Fsp3) is 0.154. The number of aromatic nitrogens is 1. The lowest BCUT2D eigenvalue weighted by Crippen LogP contribution is -2.06. The van der Waals surface area contributed by atoms with E-state index in [-0.39, 0.29) is 11.6 Å². The summed E-state index contributed by atoms with van der Waals surface area (Å²) in [5.74, 6) is -0.213. The number of hydrogen-bond donors (Lipinski definition) is 0. The quantitative estimate of drug-likeness (QED) is 0.724. The van der Waals surface area contributed by atoms with Crippen molar-refractivity contribution in [3.05, 3.63) is 59.7 Å². The molecule has 0 aliphatic carbocycles. The highest BCUT2D eigenvalue weighted by molar-refractivity contribution is 5.92. The number of halogens is 1. The lowest BCUT2D eigenvalue weighted by molar-refractivity contribution is 0.100. The molecule has 82 valence electrons. The third-order valence-corrected chi connectivity index (χ3v) is 2.46. The van der Waals surface area contributed by atoms with Gasteiger partial charge in [-0.3, -0.25) is 4.79 Å². The maximum absolute atomic E-state index is 12.7. The zero-order valence-electron chi connectivity index (χ0n) is 8.98. The van der Waals surface area contributed by atoms with E-state index in [0.29, 0.717) is 12.2 Å². The first-order chi connectivity index (χ1) is 7.66. The second-order valence-corrected chi connectivity index (χ2v) is 3.70. The SMILES string of the molecule is CC(=O)c1cccn1Cc1ccc(F)cc1. The van der Waals surface area contributed by atoms with Crippen LogP contribution < -0.4 is 0 Å². The summed E-state index contributed by atoms with van der Waals surface area (Å²) < 4.78 is 14.6. The Morgan fingerprint density at radius 3 is 2.56 bits per heavy atom. The number of benzene rings is 1. The van der Waals surface area contributed by atoms with Crippen LogP contribution in [0.5, 0.6) is 0 Å². The van der Waals surface area contributed by atoms with E-state index in [1.807, 2.05) is 16.8 Å². The number of carbonyl (C=O) groups excluding carboxylic acids is 1. The summed E-state index contributed by atoms with van der Waals surface area (Å²) in [6, 6.07) is 9.91. The largest absolute Gasteiger partial charge is 0.341 e. The number of carbonyl (C=O) groups is 1. The van der Waals surface area contributed by atoms with Crippen LogP contribution in [0.25, 0.3) is 0 Å². The van der Waals surface area contributed by atoms with Crippen LogP contribution in [0.15, 0.2) is 42.6 Å². The summed E-state index contributed by atoms with van der Waals surface area (Å²) in [6.45, 7) is 2.12. The molecule has 0 fully saturated rings. The average Bonchev–Trinajstić information content (AvgIpc) is 2.69. The Balaban J connectivity index is 2.23. The molecule has 2 nitrogen and oxygen atoms in total. The Morgan fingerprint density at radius 2 is 1.94 bits per heavy atom. The van der Waals surface area contributed by atoms with Crippen LogP contribution in [0.1, 0.15) is 23.0 Å². The summed E-state index contributed by atoms with van der Waals surface area (Å²) in [5, 5.41) is 0. The van der Waals surface area contributed by atoms with Crippen molar-refractivity contribution >= 4 is 5.78 Å². The number of Topliss-reactive ketones (excluding diaryl/α,β-unsaturated/α-hetero) is 1. The number of ketones is 1. The van der Waals surface area contributed by atoms with Crippen LogP contribution in [0.4, 0.5) is 4.39 Å². The molecule has 0 unspecified atom stereocenters. The van der Waals surface area contributed by atoms with Gasteiger partial charge in [-0.1, -0.05) is 12.1 Å². The molecule has 2 aromatic rings. The van der Waals surface area contributed by atoms with Gasteiger partial charge in [0.2, 0.25) is 0 Å². The van der Waals surface area contributed by atoms with E-state index in [2.05, 4.69) is 0 Å². The predicted molar refractivity (Wildman–Crippen MR) is 59.9 cm³/mol. The van der Waals surface area contributed by atoms with E-state index in [9.17, 15) is 9.18 Å². The Morgan fingerprint density at radius 1 is 1.25 bits per heavy atom. The molecule has 0 aliphatic rings. The molecule has 2 rings (SSSR count). The van der Waals surface area contributed by atoms with Gasteiger partial charge in [0.1, 0.15) is 5.82 Å². The van der Waals surface area contributed by atoms with Gasteiger partial charge in [0.05, 0.1) is 5.69 Å². The molecule has 1 heterocycles. The molecular weight excluding hydrogens is 205 g/mol. The smallest absolute Gasteiger partial charge is 0.176 e. The summed E-state index contributed by atoms with van der Waals surface area (Å²) in [5.41, 5.74) is 1.64. The van der Waals surface area contributed by atoms with Crippen LogP contribution in [0, 0.1) is 5.82 Å². The molecule has 0 spiro atoms. The van der Waals surface area contributed by atoms with Crippen molar-refractivity contribution in [2.24, 2.45) is 0 Å². The van der Waals surface area contributed by atoms with Gasteiger partial charge in [0.15, 0.2) is 5.78 Å². The molecule has 1 aromatic heterocycles. The highest BCUT2D eigenvalue weighted by Gasteiger charge is 2.05. The zero-order chi connectivity index (χ0) is 11.5. The van der Waals surface area contributed by atoms with E-state index >= 15 is 0 Å².